The van der Waals surface area contributed by atoms with Crippen molar-refractivity contribution < 1.29 is 27.9 Å². The number of nitrogens with one attached hydrogen (secondary N) is 1. The summed E-state index contributed by atoms with van der Waals surface area (Å²) in [4.78, 5) is 26.0. The maximum atomic E-state index is 13.1. The molecule has 1 aliphatic rings. The van der Waals surface area contributed by atoms with Crippen LogP contribution in [0.15, 0.2) is 42.5 Å². The summed E-state index contributed by atoms with van der Waals surface area (Å²) < 4.78 is 39.3. The highest BCUT2D eigenvalue weighted by molar-refractivity contribution is 6.04. The molecule has 0 aliphatic carbocycles. The first kappa shape index (κ1) is 20.4. The van der Waals surface area contributed by atoms with Gasteiger partial charge in [0.05, 0.1) is 30.2 Å². The van der Waals surface area contributed by atoms with Crippen LogP contribution in [0.2, 0.25) is 0 Å². The second-order valence-corrected chi connectivity index (χ2v) is 6.88. The van der Waals surface area contributed by atoms with Gasteiger partial charge in [-0.25, -0.2) is 0 Å². The topological polar surface area (TPSA) is 93.4 Å². The average molecular weight is 403 g/mol. The van der Waals surface area contributed by atoms with Gasteiger partial charge in [0.15, 0.2) is 5.60 Å². The molecule has 0 aromatic heterocycles. The average Bonchev–Trinajstić information content (AvgIpc) is 2.96. The summed E-state index contributed by atoms with van der Waals surface area (Å²) in [5, 5.41) is 21.7. The van der Waals surface area contributed by atoms with Crippen LogP contribution in [0.4, 0.5) is 24.5 Å². The molecule has 2 aromatic carbocycles. The standard InChI is InChI=1S/C20H16F3N3O3/c1-19(29,11-26-16-5-3-2-4-12(16)8-17(26)27)18(28)25-14-7-6-13(10-24)15(9-14)20(21,22)23/h2-7,9,29H,8,11H2,1H3,(H,25,28)/t19-/m0/s1. The predicted octanol–water partition coefficient (Wildman–Crippen LogP) is 2.86. The zero-order valence-corrected chi connectivity index (χ0v) is 15.2. The van der Waals surface area contributed by atoms with E-state index in [4.69, 9.17) is 5.26 Å². The van der Waals surface area contributed by atoms with Gasteiger partial charge in [0.1, 0.15) is 0 Å². The molecule has 1 aliphatic heterocycles. The molecule has 2 aromatic rings. The number of nitriles is 1. The molecular weight excluding hydrogens is 387 g/mol. The van der Waals surface area contributed by atoms with Crippen LogP contribution in [0.3, 0.4) is 0 Å². The molecule has 6 nitrogen and oxygen atoms in total. The lowest BCUT2D eigenvalue weighted by atomic mass is 10.0. The summed E-state index contributed by atoms with van der Waals surface area (Å²) in [5.41, 5.74) is -2.74. The van der Waals surface area contributed by atoms with E-state index in [1.165, 1.54) is 17.9 Å². The Hall–Kier alpha value is -3.38. The summed E-state index contributed by atoms with van der Waals surface area (Å²) in [6.07, 6.45) is -4.64. The Labute approximate surface area is 164 Å². The first-order valence-corrected chi connectivity index (χ1v) is 8.56. The number of fused-ring (bicyclic) bond motifs is 1. The third kappa shape index (κ3) is 4.07. The zero-order valence-electron chi connectivity index (χ0n) is 15.2. The number of amides is 2. The third-order valence-electron chi connectivity index (χ3n) is 4.58. The summed E-state index contributed by atoms with van der Waals surface area (Å²) >= 11 is 0. The monoisotopic (exact) mass is 403 g/mol. The van der Waals surface area contributed by atoms with Gasteiger partial charge in [0, 0.05) is 11.4 Å². The lowest BCUT2D eigenvalue weighted by Crippen LogP contribution is -2.50. The minimum Gasteiger partial charge on any atom is -0.378 e. The molecule has 9 heteroatoms. The molecule has 150 valence electrons. The molecule has 0 bridgehead atoms. The molecule has 2 N–H and O–H groups in total. The van der Waals surface area contributed by atoms with Crippen molar-refractivity contribution in [2.75, 3.05) is 16.8 Å². The number of hydrogen-bond donors (Lipinski definition) is 2. The van der Waals surface area contributed by atoms with Gasteiger partial charge in [-0.15, -0.1) is 0 Å². The van der Waals surface area contributed by atoms with Crippen LogP contribution in [0, 0.1) is 11.3 Å². The number of benzene rings is 2. The fourth-order valence-electron chi connectivity index (χ4n) is 3.09. The predicted molar refractivity (Wildman–Crippen MR) is 97.9 cm³/mol. The van der Waals surface area contributed by atoms with Gasteiger partial charge in [-0.1, -0.05) is 18.2 Å². The van der Waals surface area contributed by atoms with Crippen LogP contribution in [0.1, 0.15) is 23.6 Å². The second kappa shape index (κ2) is 7.22. The largest absolute Gasteiger partial charge is 0.417 e. The number of carbonyl (C=O) groups is 2. The van der Waals surface area contributed by atoms with E-state index in [9.17, 15) is 27.9 Å². The second-order valence-electron chi connectivity index (χ2n) is 6.88. The van der Waals surface area contributed by atoms with E-state index in [0.29, 0.717) is 11.8 Å². The number of aliphatic hydroxyl groups is 1. The molecule has 29 heavy (non-hydrogen) atoms. The number of alkyl halides is 3. The van der Waals surface area contributed by atoms with Crippen LogP contribution in [-0.4, -0.2) is 29.1 Å². The number of hydrogen-bond acceptors (Lipinski definition) is 4. The number of para-hydroxylation sites is 1. The molecule has 0 fully saturated rings. The van der Waals surface area contributed by atoms with Gasteiger partial charge < -0.3 is 15.3 Å². The highest BCUT2D eigenvalue weighted by Gasteiger charge is 2.39. The molecule has 0 radical (unpaired) electrons. The van der Waals surface area contributed by atoms with Crippen molar-refractivity contribution in [3.05, 3.63) is 59.2 Å². The first-order valence-electron chi connectivity index (χ1n) is 8.56. The Kier molecular flexibility index (Phi) is 5.07. The van der Waals surface area contributed by atoms with E-state index in [0.717, 1.165) is 17.7 Å². The number of anilines is 2. The van der Waals surface area contributed by atoms with Gasteiger partial charge in [0.25, 0.3) is 5.91 Å². The number of β-amino-alcohol motifs (C(OH)–C–C–N with tert-alkyl or cyclic N) is 1. The zero-order chi connectivity index (χ0) is 21.4. The minimum atomic E-state index is -4.78. The molecular formula is C20H16F3N3O3. The lowest BCUT2D eigenvalue weighted by molar-refractivity contribution is -0.138. The Bertz CT molecular complexity index is 1030. The molecule has 0 spiro atoms. The molecule has 0 saturated heterocycles. The highest BCUT2D eigenvalue weighted by Crippen LogP contribution is 2.34. The molecule has 0 saturated carbocycles. The maximum absolute atomic E-state index is 13.1. The fraction of sp³-hybridized carbons (Fsp3) is 0.250. The van der Waals surface area contributed by atoms with E-state index < -0.39 is 28.8 Å². The van der Waals surface area contributed by atoms with Crippen molar-refractivity contribution in [1.82, 2.24) is 0 Å². The Morgan fingerprint density at radius 3 is 2.62 bits per heavy atom. The number of halogens is 3. The van der Waals surface area contributed by atoms with Gasteiger partial charge in [0.2, 0.25) is 5.91 Å². The van der Waals surface area contributed by atoms with E-state index in [1.807, 2.05) is 0 Å². The smallest absolute Gasteiger partial charge is 0.378 e. The number of rotatable bonds is 4. The van der Waals surface area contributed by atoms with Gasteiger partial charge >= 0.3 is 6.18 Å². The van der Waals surface area contributed by atoms with Crippen molar-refractivity contribution in [3.63, 3.8) is 0 Å². The lowest BCUT2D eigenvalue weighted by Gasteiger charge is -2.28. The van der Waals surface area contributed by atoms with Crippen LogP contribution >= 0.6 is 0 Å². The molecule has 0 unspecified atom stereocenters. The number of nitrogens with zero attached hydrogens (tertiary/aromatic N) is 2. The van der Waals surface area contributed by atoms with Crippen molar-refractivity contribution in [2.24, 2.45) is 0 Å². The summed E-state index contributed by atoms with van der Waals surface area (Å²) in [5.74, 6) is -1.27. The first-order chi connectivity index (χ1) is 13.5. The summed E-state index contributed by atoms with van der Waals surface area (Å²) in [6.45, 7) is 0.807. The third-order valence-corrected chi connectivity index (χ3v) is 4.58. The summed E-state index contributed by atoms with van der Waals surface area (Å²) in [7, 11) is 0. The number of carbonyl (C=O) groups excluding carboxylic acids is 2. The maximum Gasteiger partial charge on any atom is 0.417 e. The van der Waals surface area contributed by atoms with E-state index in [2.05, 4.69) is 5.32 Å². The van der Waals surface area contributed by atoms with E-state index in [1.54, 1.807) is 24.3 Å². The Balaban J connectivity index is 1.80. The van der Waals surface area contributed by atoms with Crippen molar-refractivity contribution in [2.45, 2.75) is 25.1 Å². The van der Waals surface area contributed by atoms with E-state index in [-0.39, 0.29) is 24.6 Å². The van der Waals surface area contributed by atoms with Gasteiger partial charge in [-0.2, -0.15) is 18.4 Å². The van der Waals surface area contributed by atoms with Crippen LogP contribution in [0.5, 0.6) is 0 Å². The molecule has 2 amide bonds. The van der Waals surface area contributed by atoms with Crippen LogP contribution in [0.25, 0.3) is 0 Å². The van der Waals surface area contributed by atoms with Crippen LogP contribution < -0.4 is 10.2 Å². The fourth-order valence-corrected chi connectivity index (χ4v) is 3.09. The van der Waals surface area contributed by atoms with Gasteiger partial charge in [-0.3, -0.25) is 9.59 Å². The minimum absolute atomic E-state index is 0.137. The molecule has 3 rings (SSSR count). The Morgan fingerprint density at radius 2 is 1.97 bits per heavy atom. The van der Waals surface area contributed by atoms with Crippen molar-refractivity contribution in [1.29, 1.82) is 5.26 Å². The summed E-state index contributed by atoms with van der Waals surface area (Å²) in [6, 6.07) is 11.1. The van der Waals surface area contributed by atoms with Gasteiger partial charge in [-0.05, 0) is 36.8 Å². The SMILES string of the molecule is C[C@](O)(CN1C(=O)Cc2ccccc21)C(=O)Nc1ccc(C#N)c(C(F)(F)F)c1. The van der Waals surface area contributed by atoms with E-state index >= 15 is 0 Å². The molecule has 1 heterocycles. The van der Waals surface area contributed by atoms with Crippen LogP contribution in [-0.2, 0) is 22.2 Å². The quantitative estimate of drug-likeness (QED) is 0.821. The Morgan fingerprint density at radius 1 is 1.28 bits per heavy atom. The molecule has 1 atom stereocenters. The highest BCUT2D eigenvalue weighted by atomic mass is 19.4. The van der Waals surface area contributed by atoms with Crippen molar-refractivity contribution >= 4 is 23.2 Å². The normalized spacial score (nSPS) is 15.4. The van der Waals surface area contributed by atoms with Crippen molar-refractivity contribution in [3.8, 4) is 6.07 Å².